The molecule has 4 aromatic rings. The number of rotatable bonds is 18. The van der Waals surface area contributed by atoms with Crippen LogP contribution in [-0.2, 0) is 47.3 Å². The van der Waals surface area contributed by atoms with Crippen LogP contribution in [0.15, 0.2) is 12.7 Å². The van der Waals surface area contributed by atoms with Crippen LogP contribution >= 0.6 is 0 Å². The quantitative estimate of drug-likeness (QED) is 0.0494. The van der Waals surface area contributed by atoms with E-state index in [2.05, 4.69) is 80.0 Å². The Labute approximate surface area is 409 Å². The average molecular weight is 1010 g/mol. The van der Waals surface area contributed by atoms with Gasteiger partial charge in [0.1, 0.15) is 57.4 Å². The largest absolute Gasteiger partial charge is 1.00 e. The number of ether oxygens (including phenoxy) is 3. The number of carboxylic acids is 1. The summed E-state index contributed by atoms with van der Waals surface area (Å²) >= 11 is 0. The minimum absolute atomic E-state index is 0. The first-order chi connectivity index (χ1) is 29.3. The number of sulfone groups is 2. The van der Waals surface area contributed by atoms with E-state index >= 15 is 0 Å². The van der Waals surface area contributed by atoms with E-state index in [0.29, 0.717) is 24.2 Å². The molecular formula is C38H65N10NaO13S2Si2. The van der Waals surface area contributed by atoms with Gasteiger partial charge in [0.15, 0.2) is 22.7 Å². The Morgan fingerprint density at radius 2 is 1.09 bits per heavy atom. The number of carbonyl (C=O) groups excluding carboxylic acids is 1. The maximum atomic E-state index is 12.4. The number of anilines is 2. The Morgan fingerprint density at radius 3 is 1.42 bits per heavy atom. The molecule has 4 aromatic heterocycles. The minimum atomic E-state index is -3.30. The summed E-state index contributed by atoms with van der Waals surface area (Å²) in [5.74, 6) is -1.43. The monoisotopic (exact) mass is 1010 g/mol. The smallest absolute Gasteiger partial charge is 0.870 e. The van der Waals surface area contributed by atoms with Gasteiger partial charge < -0.3 is 45.6 Å². The van der Waals surface area contributed by atoms with E-state index in [1.54, 1.807) is 0 Å². The second kappa shape index (κ2) is 23.9. The Hall–Kier alpha value is -3.23. The van der Waals surface area contributed by atoms with Crippen LogP contribution in [-0.4, -0.2) is 173 Å². The van der Waals surface area contributed by atoms with Gasteiger partial charge in [0.2, 0.25) is 0 Å². The molecule has 6 rings (SSSR count). The van der Waals surface area contributed by atoms with E-state index in [-0.39, 0.29) is 116 Å². The summed E-state index contributed by atoms with van der Waals surface area (Å²) in [7, 11) is -7.85. The second-order valence-electron chi connectivity index (χ2n) is 18.5. The van der Waals surface area contributed by atoms with E-state index in [1.807, 2.05) is 0 Å². The third-order valence-corrected chi connectivity index (χ3v) is 17.5. The van der Waals surface area contributed by atoms with Gasteiger partial charge in [-0.1, -0.05) is 46.7 Å². The summed E-state index contributed by atoms with van der Waals surface area (Å²) in [5.41, 5.74) is 0.448. The summed E-state index contributed by atoms with van der Waals surface area (Å²) in [6, 6.07) is 0.810. The van der Waals surface area contributed by atoms with Crippen LogP contribution in [0.5, 0.6) is 0 Å². The predicted octanol–water partition coefficient (Wildman–Crippen LogP) is -0.0779. The van der Waals surface area contributed by atoms with Crippen LogP contribution in [0.25, 0.3) is 22.1 Å². The fraction of sp³-hybridized carbons (Fsp3) is 0.684. The molecule has 0 radical (unpaired) electrons. The number of esters is 1. The van der Waals surface area contributed by atoms with Crippen molar-refractivity contribution in [2.24, 2.45) is 0 Å². The number of aliphatic hydroxyl groups excluding tert-OH is 2. The average Bonchev–Trinajstić information content (AvgIpc) is 3.95. The Kier molecular flexibility index (Phi) is 21.3. The molecular weight excluding hydrogens is 948 g/mol. The normalized spacial score (nSPS) is 21.0. The molecule has 6 atom stereocenters. The number of aromatic nitrogens is 8. The van der Waals surface area contributed by atoms with Gasteiger partial charge in [-0.05, 0) is 37.8 Å². The van der Waals surface area contributed by atoms with Gasteiger partial charge in [-0.3, -0.25) is 0 Å². The van der Waals surface area contributed by atoms with Crippen molar-refractivity contribution in [3.8, 4) is 0 Å². The number of aliphatic hydroxyl groups is 2. The molecule has 2 saturated carbocycles. The van der Waals surface area contributed by atoms with Crippen LogP contribution < -0.4 is 40.2 Å². The molecule has 2 fully saturated rings. The fourth-order valence-electron chi connectivity index (χ4n) is 7.16. The second-order valence-corrected chi connectivity index (χ2v) is 34.4. The molecule has 28 heteroatoms. The number of fused-ring (bicyclic) bond motifs is 2. The van der Waals surface area contributed by atoms with Crippen molar-refractivity contribution in [1.82, 2.24) is 39.5 Å². The van der Waals surface area contributed by atoms with Crippen molar-refractivity contribution >= 4 is 81.5 Å². The van der Waals surface area contributed by atoms with E-state index in [9.17, 15) is 41.7 Å². The van der Waals surface area contributed by atoms with Crippen LogP contribution in [0.1, 0.15) is 54.1 Å². The molecule has 23 nitrogen and oxygen atoms in total. The molecule has 2 aliphatic rings. The van der Waals surface area contributed by atoms with Gasteiger partial charge in [0.05, 0.1) is 52.7 Å². The number of nitrogens with one attached hydrogen (secondary N) is 2. The third-order valence-electron chi connectivity index (χ3n) is 10.9. The molecule has 0 aromatic carbocycles. The first-order valence-corrected chi connectivity index (χ1v) is 31.8. The molecule has 2 unspecified atom stereocenters. The van der Waals surface area contributed by atoms with Crippen molar-refractivity contribution < 1.29 is 91.0 Å². The zero-order chi connectivity index (χ0) is 46.7. The SMILES string of the molecule is C.COC(=O)c1nn(COCC[Si](C)(C)C)c2ncnc(NC3C[C@@H](S(C)(=O)=O)C[C@H]3O)c12.C[Si](C)(C)CCOCn1nc(C(=O)O)c2c(NC3C[C@@H](S(C)(=O)=O)C[C@H]3O)ncnc21.[Na+].[OH-]. The standard InChI is InChI=1S/C19H31N5O6SSi.C18H29N5O6SSi.CH4.Na.H2O/c1-29-19(26)16-15-17(22-13-8-12(9-14(13)25)31(2,27)28)20-10-21-18(15)24(23-16)11-30-6-7-32(3,4)5;1-30(27,28)11-7-12(13(24)8-11)21-16-14-15(18(25)26)22-23(17(14)20-9-19-16)10-29-5-6-31(2,3)4;;;/h10,12-14,25H,6-9,11H2,1-5H3,(H,20,21,22);9,11-13,24H,5-8,10H2,1-4H3,(H,25,26)(H,19,20,21);1H4;;1H2/q;;;+1;/p-1/t12-,13?,14-;11-,12?,13-;;;/m11.../s1. The number of carboxylic acid groups (broad SMARTS) is 1. The zero-order valence-corrected chi connectivity index (χ0v) is 44.2. The van der Waals surface area contributed by atoms with Crippen molar-refractivity contribution in [3.05, 3.63) is 24.0 Å². The maximum absolute atomic E-state index is 12.4. The van der Waals surface area contributed by atoms with Crippen molar-refractivity contribution in [2.45, 2.75) is 133 Å². The molecule has 366 valence electrons. The van der Waals surface area contributed by atoms with Gasteiger partial charge in [-0.25, -0.2) is 55.7 Å². The van der Waals surface area contributed by atoms with E-state index < -0.39 is 82.6 Å². The summed E-state index contributed by atoms with van der Waals surface area (Å²) in [6.07, 6.45) is 3.79. The number of carbonyl (C=O) groups is 2. The van der Waals surface area contributed by atoms with Gasteiger partial charge in [0, 0.05) is 41.9 Å². The first-order valence-electron chi connectivity index (χ1n) is 20.4. The summed E-state index contributed by atoms with van der Waals surface area (Å²) < 4.78 is 66.7. The van der Waals surface area contributed by atoms with Gasteiger partial charge in [0.25, 0.3) is 0 Å². The number of aromatic carboxylic acids is 1. The van der Waals surface area contributed by atoms with Gasteiger partial charge >= 0.3 is 41.5 Å². The Bertz CT molecular complexity index is 2500. The third kappa shape index (κ3) is 15.4. The van der Waals surface area contributed by atoms with Crippen molar-refractivity contribution in [1.29, 1.82) is 0 Å². The maximum Gasteiger partial charge on any atom is 1.00 e. The first kappa shape index (κ1) is 58.9. The zero-order valence-electron chi connectivity index (χ0n) is 38.5. The number of hydrogen-bond acceptors (Lipinski definition) is 20. The number of methoxy groups -OCH3 is 1. The predicted molar refractivity (Wildman–Crippen MR) is 248 cm³/mol. The number of nitrogens with zero attached hydrogens (tertiary/aromatic N) is 8. The molecule has 0 saturated heterocycles. The summed E-state index contributed by atoms with van der Waals surface area (Å²) in [6.45, 7) is 14.7. The summed E-state index contributed by atoms with van der Waals surface area (Å²) in [5, 5.41) is 44.1. The van der Waals surface area contributed by atoms with Crippen LogP contribution in [0, 0.1) is 0 Å². The molecule has 0 aliphatic heterocycles. The molecule has 66 heavy (non-hydrogen) atoms. The molecule has 2 aliphatic carbocycles. The van der Waals surface area contributed by atoms with Crippen LogP contribution in [0.2, 0.25) is 51.4 Å². The Morgan fingerprint density at radius 1 is 0.712 bits per heavy atom. The topological polar surface area (TPSA) is 332 Å². The molecule has 0 spiro atoms. The van der Waals surface area contributed by atoms with E-state index in [1.165, 1.54) is 29.1 Å². The van der Waals surface area contributed by atoms with Crippen LogP contribution in [0.3, 0.4) is 0 Å². The molecule has 0 amide bonds. The molecule has 4 heterocycles. The van der Waals surface area contributed by atoms with E-state index in [4.69, 9.17) is 14.2 Å². The fourth-order valence-corrected chi connectivity index (χ4v) is 10.9. The van der Waals surface area contributed by atoms with Crippen LogP contribution in [0.4, 0.5) is 11.6 Å². The van der Waals surface area contributed by atoms with Crippen molar-refractivity contribution in [3.63, 3.8) is 0 Å². The Balaban J connectivity index is 0.000000434. The minimum Gasteiger partial charge on any atom is -0.870 e. The molecule has 0 bridgehead atoms. The van der Waals surface area contributed by atoms with Gasteiger partial charge in [-0.15, -0.1) is 0 Å². The van der Waals surface area contributed by atoms with Gasteiger partial charge in [-0.2, -0.15) is 10.2 Å². The molecule has 6 N–H and O–H groups in total. The van der Waals surface area contributed by atoms with Crippen molar-refractivity contribution in [2.75, 3.05) is 43.5 Å². The number of hydrogen-bond donors (Lipinski definition) is 5. The van der Waals surface area contributed by atoms with E-state index in [0.717, 1.165) is 24.6 Å². The summed E-state index contributed by atoms with van der Waals surface area (Å²) in [4.78, 5) is 41.0.